The van der Waals surface area contributed by atoms with Gasteiger partial charge in [-0.25, -0.2) is 14.8 Å². The molecule has 3 atom stereocenters. The second-order valence-electron chi connectivity index (χ2n) is 10.1. The quantitative estimate of drug-likeness (QED) is 0.322. The van der Waals surface area contributed by atoms with Gasteiger partial charge < -0.3 is 4.74 Å². The smallest absolute Gasteiger partial charge is 0.341 e. The standard InChI is InChI=1S/C30H30N2O5S/c1-4-36-30(35)23-20-10-6-8-12-22(20)38-29(23)31-27(33)24-25(19-15-13-17(2)14-16-19)32(37-26(24)28(31)34)21-11-7-5-9-18(21)3/h5,7,9,11,13-16,24-26H,4,6,8,10,12H2,1-3H3/t24-,25+,26-/m0/s1. The first-order valence-electron chi connectivity index (χ1n) is 13.2. The van der Waals surface area contributed by atoms with Crippen molar-refractivity contribution < 1.29 is 24.0 Å². The first-order valence-corrected chi connectivity index (χ1v) is 14.0. The van der Waals surface area contributed by atoms with Gasteiger partial charge in [0.1, 0.15) is 10.9 Å². The van der Waals surface area contributed by atoms with Crippen LogP contribution in [0, 0.1) is 19.8 Å². The minimum atomic E-state index is -0.984. The molecular formula is C30H30N2O5S. The summed E-state index contributed by atoms with van der Waals surface area (Å²) in [4.78, 5) is 49.9. The summed E-state index contributed by atoms with van der Waals surface area (Å²) in [5.74, 6) is -2.00. The fraction of sp³-hybridized carbons (Fsp3) is 0.367. The van der Waals surface area contributed by atoms with Gasteiger partial charge in [0.25, 0.3) is 5.91 Å². The first-order chi connectivity index (χ1) is 18.4. The predicted octanol–water partition coefficient (Wildman–Crippen LogP) is 5.47. The number of esters is 1. The molecule has 0 spiro atoms. The summed E-state index contributed by atoms with van der Waals surface area (Å²) < 4.78 is 5.39. The molecule has 2 aliphatic heterocycles. The molecule has 2 fully saturated rings. The highest BCUT2D eigenvalue weighted by molar-refractivity contribution is 7.17. The Hall–Kier alpha value is -3.49. The summed E-state index contributed by atoms with van der Waals surface area (Å²) in [6.07, 6.45) is 2.58. The second-order valence-corrected chi connectivity index (χ2v) is 11.2. The Kier molecular flexibility index (Phi) is 6.32. The van der Waals surface area contributed by atoms with Gasteiger partial charge in [-0.05, 0) is 69.2 Å². The van der Waals surface area contributed by atoms with Crippen LogP contribution in [0.5, 0.6) is 0 Å². The Morgan fingerprint density at radius 1 is 1.03 bits per heavy atom. The molecule has 196 valence electrons. The molecule has 1 aromatic heterocycles. The first kappa shape index (κ1) is 24.8. The molecular weight excluding hydrogens is 500 g/mol. The van der Waals surface area contributed by atoms with Crippen LogP contribution in [0.2, 0.25) is 0 Å². The number of fused-ring (bicyclic) bond motifs is 2. The van der Waals surface area contributed by atoms with Crippen molar-refractivity contribution in [1.82, 2.24) is 0 Å². The molecule has 2 amide bonds. The zero-order chi connectivity index (χ0) is 26.6. The van der Waals surface area contributed by atoms with Crippen molar-refractivity contribution in [1.29, 1.82) is 0 Å². The number of imide groups is 1. The Morgan fingerprint density at radius 3 is 2.50 bits per heavy atom. The van der Waals surface area contributed by atoms with Crippen LogP contribution >= 0.6 is 11.3 Å². The number of nitrogens with zero attached hydrogens (tertiary/aromatic N) is 2. The number of anilines is 2. The number of hydrogen-bond acceptors (Lipinski definition) is 7. The highest BCUT2D eigenvalue weighted by atomic mass is 32.1. The number of carbonyl (C=O) groups excluding carboxylic acids is 3. The summed E-state index contributed by atoms with van der Waals surface area (Å²) in [7, 11) is 0. The highest BCUT2D eigenvalue weighted by Gasteiger charge is 2.61. The van der Waals surface area contributed by atoms with E-state index in [2.05, 4.69) is 0 Å². The maximum Gasteiger partial charge on any atom is 0.341 e. The van der Waals surface area contributed by atoms with Gasteiger partial charge in [-0.2, -0.15) is 0 Å². The summed E-state index contributed by atoms with van der Waals surface area (Å²) >= 11 is 1.37. The molecule has 0 radical (unpaired) electrons. The normalized spacial score (nSPS) is 22.6. The summed E-state index contributed by atoms with van der Waals surface area (Å²) in [5, 5.41) is 2.11. The van der Waals surface area contributed by atoms with E-state index in [-0.39, 0.29) is 12.5 Å². The number of ether oxygens (including phenoxy) is 1. The van der Waals surface area contributed by atoms with Crippen molar-refractivity contribution in [3.8, 4) is 0 Å². The zero-order valence-electron chi connectivity index (χ0n) is 21.7. The van der Waals surface area contributed by atoms with Crippen LogP contribution in [0.1, 0.15) is 63.3 Å². The fourth-order valence-corrected chi connectivity index (χ4v) is 7.25. The predicted molar refractivity (Wildman–Crippen MR) is 145 cm³/mol. The third kappa shape index (κ3) is 3.85. The van der Waals surface area contributed by atoms with E-state index in [1.807, 2.05) is 62.4 Å². The van der Waals surface area contributed by atoms with E-state index in [1.165, 1.54) is 16.2 Å². The van der Waals surface area contributed by atoms with Crippen LogP contribution in [0.15, 0.2) is 48.5 Å². The van der Waals surface area contributed by atoms with Crippen molar-refractivity contribution in [3.05, 3.63) is 81.2 Å². The number of carbonyl (C=O) groups is 3. The van der Waals surface area contributed by atoms with Crippen molar-refractivity contribution in [2.45, 2.75) is 58.6 Å². The van der Waals surface area contributed by atoms with Gasteiger partial charge in [0.05, 0.1) is 23.9 Å². The van der Waals surface area contributed by atoms with Gasteiger partial charge in [-0.1, -0.05) is 48.0 Å². The Morgan fingerprint density at radius 2 is 1.76 bits per heavy atom. The molecule has 1 aliphatic carbocycles. The third-order valence-corrected chi connectivity index (χ3v) is 9.00. The minimum absolute atomic E-state index is 0.222. The lowest BCUT2D eigenvalue weighted by Gasteiger charge is -2.29. The number of benzene rings is 2. The van der Waals surface area contributed by atoms with Crippen molar-refractivity contribution >= 4 is 39.8 Å². The maximum absolute atomic E-state index is 14.2. The van der Waals surface area contributed by atoms with Crippen LogP contribution in [-0.4, -0.2) is 30.5 Å². The van der Waals surface area contributed by atoms with Crippen LogP contribution < -0.4 is 9.96 Å². The monoisotopic (exact) mass is 530 g/mol. The topological polar surface area (TPSA) is 76.2 Å². The summed E-state index contributed by atoms with van der Waals surface area (Å²) in [6.45, 7) is 5.97. The summed E-state index contributed by atoms with van der Waals surface area (Å²) in [6, 6.07) is 15.3. The van der Waals surface area contributed by atoms with Gasteiger partial charge in [0, 0.05) is 4.88 Å². The number of para-hydroxylation sites is 1. The number of aryl methyl sites for hydroxylation is 3. The van der Waals surface area contributed by atoms with Crippen LogP contribution in [-0.2, 0) is 32.0 Å². The lowest BCUT2D eigenvalue weighted by atomic mass is 9.90. The molecule has 3 heterocycles. The third-order valence-electron chi connectivity index (χ3n) is 7.72. The average molecular weight is 531 g/mol. The van der Waals surface area contributed by atoms with Crippen molar-refractivity contribution in [3.63, 3.8) is 0 Å². The van der Waals surface area contributed by atoms with Crippen LogP contribution in [0.4, 0.5) is 10.7 Å². The van der Waals surface area contributed by atoms with Gasteiger partial charge in [-0.15, -0.1) is 11.3 Å². The van der Waals surface area contributed by atoms with E-state index in [4.69, 9.17) is 9.57 Å². The molecule has 0 bridgehead atoms. The number of rotatable bonds is 5. The SMILES string of the molecule is CCOC(=O)c1c(N2C(=O)[C@@H]3[C@H](ON(c4ccccc4C)[C@@H]3c3ccc(C)cc3)C2=O)sc2c1CCCC2. The van der Waals surface area contributed by atoms with E-state index < -0.39 is 29.9 Å². The Labute approximate surface area is 225 Å². The van der Waals surface area contributed by atoms with Gasteiger partial charge in [0.2, 0.25) is 5.91 Å². The molecule has 2 aromatic carbocycles. The van der Waals surface area contributed by atoms with Crippen LogP contribution in [0.3, 0.4) is 0 Å². The number of amides is 2. The van der Waals surface area contributed by atoms with Gasteiger partial charge in [0.15, 0.2) is 6.10 Å². The zero-order valence-corrected chi connectivity index (χ0v) is 22.5. The summed E-state index contributed by atoms with van der Waals surface area (Å²) in [5.41, 5.74) is 5.09. The van der Waals surface area contributed by atoms with Gasteiger partial charge in [-0.3, -0.25) is 14.4 Å². The molecule has 8 heteroatoms. The van der Waals surface area contributed by atoms with E-state index in [9.17, 15) is 14.4 Å². The van der Waals surface area contributed by atoms with E-state index in [1.54, 1.807) is 12.0 Å². The molecule has 7 nitrogen and oxygen atoms in total. The number of hydrogen-bond donors (Lipinski definition) is 0. The van der Waals surface area contributed by atoms with Crippen LogP contribution in [0.25, 0.3) is 0 Å². The molecule has 3 aromatic rings. The largest absolute Gasteiger partial charge is 0.462 e. The Bertz CT molecular complexity index is 1430. The van der Waals surface area contributed by atoms with E-state index in [0.717, 1.165) is 58.5 Å². The molecule has 0 unspecified atom stereocenters. The maximum atomic E-state index is 14.2. The average Bonchev–Trinajstić information content (AvgIpc) is 3.55. The lowest BCUT2D eigenvalue weighted by molar-refractivity contribution is -0.126. The minimum Gasteiger partial charge on any atom is -0.462 e. The van der Waals surface area contributed by atoms with Crippen molar-refractivity contribution in [2.24, 2.45) is 5.92 Å². The number of hydroxylamine groups is 1. The Balaban J connectivity index is 1.45. The van der Waals surface area contributed by atoms with E-state index in [0.29, 0.717) is 10.6 Å². The highest BCUT2D eigenvalue weighted by Crippen LogP contribution is 2.50. The van der Waals surface area contributed by atoms with E-state index >= 15 is 0 Å². The number of thiophene rings is 1. The van der Waals surface area contributed by atoms with Gasteiger partial charge >= 0.3 is 5.97 Å². The lowest BCUT2D eigenvalue weighted by Crippen LogP contribution is -2.38. The molecule has 0 saturated carbocycles. The fourth-order valence-electron chi connectivity index (χ4n) is 5.86. The second kappa shape index (κ2) is 9.67. The molecule has 38 heavy (non-hydrogen) atoms. The molecule has 3 aliphatic rings. The molecule has 6 rings (SSSR count). The molecule has 2 saturated heterocycles. The molecule has 0 N–H and O–H groups in total. The van der Waals surface area contributed by atoms with Crippen molar-refractivity contribution in [2.75, 3.05) is 16.6 Å².